The predicted octanol–water partition coefficient (Wildman–Crippen LogP) is -1.08. The third kappa shape index (κ3) is 1.21. The highest BCUT2D eigenvalue weighted by Crippen LogP contribution is 2.04. The Bertz CT molecular complexity index is 270. The number of aromatic nitrogens is 3. The zero-order chi connectivity index (χ0) is 8.39. The van der Waals surface area contributed by atoms with E-state index in [9.17, 15) is 0 Å². The van der Waals surface area contributed by atoms with Crippen LogP contribution in [0.5, 0.6) is 0 Å². The molecule has 0 spiro atoms. The summed E-state index contributed by atoms with van der Waals surface area (Å²) in [6.45, 7) is 2.72. The lowest BCUT2D eigenvalue weighted by molar-refractivity contribution is 0.264. The van der Waals surface area contributed by atoms with E-state index in [1.807, 2.05) is 4.57 Å². The van der Waals surface area contributed by atoms with Crippen LogP contribution in [0.4, 0.5) is 0 Å². The van der Waals surface area contributed by atoms with Gasteiger partial charge in [-0.25, -0.2) is 0 Å². The SMILES string of the molecule is OCc1nnc2n1CCNCC2. The lowest BCUT2D eigenvalue weighted by Crippen LogP contribution is -2.18. The summed E-state index contributed by atoms with van der Waals surface area (Å²) in [7, 11) is 0. The molecule has 0 atom stereocenters. The second-order valence-corrected chi connectivity index (χ2v) is 2.84. The number of hydrogen-bond donors (Lipinski definition) is 2. The topological polar surface area (TPSA) is 63.0 Å². The molecule has 1 aromatic heterocycles. The summed E-state index contributed by atoms with van der Waals surface area (Å²) in [4.78, 5) is 0. The summed E-state index contributed by atoms with van der Waals surface area (Å²) in [5, 5.41) is 20.1. The molecule has 0 bridgehead atoms. The second-order valence-electron chi connectivity index (χ2n) is 2.84. The average molecular weight is 168 g/mol. The van der Waals surface area contributed by atoms with Crippen LogP contribution in [0, 0.1) is 0 Å². The van der Waals surface area contributed by atoms with Crippen molar-refractivity contribution in [2.24, 2.45) is 0 Å². The molecular formula is C7H12N4O. The van der Waals surface area contributed by atoms with E-state index in [0.29, 0.717) is 5.82 Å². The fourth-order valence-electron chi connectivity index (χ4n) is 1.45. The fourth-order valence-corrected chi connectivity index (χ4v) is 1.45. The molecule has 0 saturated carbocycles. The van der Waals surface area contributed by atoms with Crippen molar-refractivity contribution in [3.63, 3.8) is 0 Å². The molecule has 0 aliphatic carbocycles. The highest BCUT2D eigenvalue weighted by molar-refractivity contribution is 4.97. The van der Waals surface area contributed by atoms with Gasteiger partial charge in [0.15, 0.2) is 5.82 Å². The first-order chi connectivity index (χ1) is 5.92. The lowest BCUT2D eigenvalue weighted by atomic mass is 10.4. The maximum Gasteiger partial charge on any atom is 0.158 e. The van der Waals surface area contributed by atoms with Gasteiger partial charge in [0.05, 0.1) is 0 Å². The van der Waals surface area contributed by atoms with Crippen molar-refractivity contribution in [1.82, 2.24) is 20.1 Å². The Labute approximate surface area is 70.4 Å². The average Bonchev–Trinajstić information content (AvgIpc) is 2.33. The van der Waals surface area contributed by atoms with Crippen LogP contribution in [-0.2, 0) is 19.6 Å². The summed E-state index contributed by atoms with van der Waals surface area (Å²) in [5.74, 6) is 1.65. The first kappa shape index (κ1) is 7.70. The van der Waals surface area contributed by atoms with Crippen LogP contribution in [0.3, 0.4) is 0 Å². The van der Waals surface area contributed by atoms with Crippen molar-refractivity contribution in [3.05, 3.63) is 11.6 Å². The molecule has 1 aromatic rings. The van der Waals surface area contributed by atoms with Crippen LogP contribution >= 0.6 is 0 Å². The molecule has 66 valence electrons. The number of aliphatic hydroxyl groups is 1. The van der Waals surface area contributed by atoms with Crippen molar-refractivity contribution < 1.29 is 5.11 Å². The molecule has 2 rings (SSSR count). The molecule has 12 heavy (non-hydrogen) atoms. The summed E-state index contributed by atoms with van der Waals surface area (Å²) >= 11 is 0. The number of aliphatic hydroxyl groups excluding tert-OH is 1. The molecular weight excluding hydrogens is 156 g/mol. The Morgan fingerprint density at radius 2 is 2.33 bits per heavy atom. The van der Waals surface area contributed by atoms with Crippen molar-refractivity contribution in [2.75, 3.05) is 13.1 Å². The highest BCUT2D eigenvalue weighted by Gasteiger charge is 2.12. The van der Waals surface area contributed by atoms with Crippen molar-refractivity contribution in [3.8, 4) is 0 Å². The van der Waals surface area contributed by atoms with Gasteiger partial charge in [-0.2, -0.15) is 0 Å². The van der Waals surface area contributed by atoms with E-state index in [1.54, 1.807) is 0 Å². The lowest BCUT2D eigenvalue weighted by Gasteiger charge is -2.03. The number of hydrogen-bond acceptors (Lipinski definition) is 4. The van der Waals surface area contributed by atoms with Gasteiger partial charge in [0.1, 0.15) is 12.4 Å². The standard InChI is InChI=1S/C7H12N4O/c12-5-7-10-9-6-1-2-8-3-4-11(6)7/h8,12H,1-5H2. The largest absolute Gasteiger partial charge is 0.388 e. The maximum absolute atomic E-state index is 8.93. The molecule has 0 saturated heterocycles. The van der Waals surface area contributed by atoms with Gasteiger partial charge in [0.2, 0.25) is 0 Å². The summed E-state index contributed by atoms with van der Waals surface area (Å²) < 4.78 is 1.99. The highest BCUT2D eigenvalue weighted by atomic mass is 16.3. The molecule has 1 aliphatic rings. The van der Waals surface area contributed by atoms with E-state index in [0.717, 1.165) is 31.9 Å². The van der Waals surface area contributed by atoms with Crippen LogP contribution in [-0.4, -0.2) is 33.0 Å². The summed E-state index contributed by atoms with van der Waals surface area (Å²) in [6.07, 6.45) is 0.896. The van der Waals surface area contributed by atoms with Crippen LogP contribution < -0.4 is 5.32 Å². The summed E-state index contributed by atoms with van der Waals surface area (Å²) in [6, 6.07) is 0. The third-order valence-electron chi connectivity index (χ3n) is 2.08. The van der Waals surface area contributed by atoms with E-state index >= 15 is 0 Å². The monoisotopic (exact) mass is 168 g/mol. The number of nitrogens with zero attached hydrogens (tertiary/aromatic N) is 3. The maximum atomic E-state index is 8.93. The van der Waals surface area contributed by atoms with E-state index in [2.05, 4.69) is 15.5 Å². The molecule has 0 radical (unpaired) electrons. The molecule has 0 fully saturated rings. The van der Waals surface area contributed by atoms with Crippen LogP contribution in [0.2, 0.25) is 0 Å². The zero-order valence-electron chi connectivity index (χ0n) is 6.82. The minimum atomic E-state index is -0.0208. The van der Waals surface area contributed by atoms with E-state index < -0.39 is 0 Å². The van der Waals surface area contributed by atoms with E-state index in [4.69, 9.17) is 5.11 Å². The molecule has 2 heterocycles. The smallest absolute Gasteiger partial charge is 0.158 e. The number of fused-ring (bicyclic) bond motifs is 1. The van der Waals surface area contributed by atoms with Crippen molar-refractivity contribution in [2.45, 2.75) is 19.6 Å². The quantitative estimate of drug-likeness (QED) is 0.559. The molecule has 5 nitrogen and oxygen atoms in total. The van der Waals surface area contributed by atoms with Gasteiger partial charge < -0.3 is 15.0 Å². The Balaban J connectivity index is 2.32. The Morgan fingerprint density at radius 3 is 3.17 bits per heavy atom. The van der Waals surface area contributed by atoms with Crippen LogP contribution in [0.15, 0.2) is 0 Å². The third-order valence-corrected chi connectivity index (χ3v) is 2.08. The van der Waals surface area contributed by atoms with Gasteiger partial charge >= 0.3 is 0 Å². The van der Waals surface area contributed by atoms with Crippen LogP contribution in [0.1, 0.15) is 11.6 Å². The molecule has 1 aliphatic heterocycles. The van der Waals surface area contributed by atoms with Gasteiger partial charge in [-0.1, -0.05) is 0 Å². The Hall–Kier alpha value is -0.940. The first-order valence-electron chi connectivity index (χ1n) is 4.14. The van der Waals surface area contributed by atoms with Crippen molar-refractivity contribution >= 4 is 0 Å². The Kier molecular flexibility index (Phi) is 2.05. The number of rotatable bonds is 1. The summed E-state index contributed by atoms with van der Waals surface area (Å²) in [5.41, 5.74) is 0. The molecule has 2 N–H and O–H groups in total. The van der Waals surface area contributed by atoms with E-state index in [1.165, 1.54) is 0 Å². The predicted molar refractivity (Wildman–Crippen MR) is 42.5 cm³/mol. The molecule has 5 heteroatoms. The molecule has 0 aromatic carbocycles. The van der Waals surface area contributed by atoms with Crippen molar-refractivity contribution in [1.29, 1.82) is 0 Å². The van der Waals surface area contributed by atoms with Gasteiger partial charge in [0, 0.05) is 26.1 Å². The van der Waals surface area contributed by atoms with Gasteiger partial charge in [0.25, 0.3) is 0 Å². The second kappa shape index (κ2) is 3.20. The fraction of sp³-hybridized carbons (Fsp3) is 0.714. The zero-order valence-corrected chi connectivity index (χ0v) is 6.82. The van der Waals surface area contributed by atoms with E-state index in [-0.39, 0.29) is 6.61 Å². The van der Waals surface area contributed by atoms with Gasteiger partial charge in [-0.15, -0.1) is 10.2 Å². The van der Waals surface area contributed by atoms with Gasteiger partial charge in [-0.05, 0) is 0 Å². The minimum absolute atomic E-state index is 0.0208. The molecule has 0 unspecified atom stereocenters. The minimum Gasteiger partial charge on any atom is -0.388 e. The first-order valence-corrected chi connectivity index (χ1v) is 4.14. The molecule has 0 amide bonds. The number of nitrogens with one attached hydrogen (secondary N) is 1. The van der Waals surface area contributed by atoms with Crippen LogP contribution in [0.25, 0.3) is 0 Å². The Morgan fingerprint density at radius 1 is 1.42 bits per heavy atom. The normalized spacial score (nSPS) is 17.1. The van der Waals surface area contributed by atoms with Gasteiger partial charge in [-0.3, -0.25) is 0 Å².